The van der Waals surface area contributed by atoms with Crippen LogP contribution in [0.25, 0.3) is 0 Å². The molecule has 0 aliphatic carbocycles. The van der Waals surface area contributed by atoms with Crippen molar-refractivity contribution in [2.24, 2.45) is 10.2 Å². The number of benzene rings is 3. The van der Waals surface area contributed by atoms with Crippen LogP contribution in [0.3, 0.4) is 0 Å². The second-order valence-corrected chi connectivity index (χ2v) is 6.65. The van der Waals surface area contributed by atoms with Gasteiger partial charge >= 0.3 is 0 Å². The SMILES string of the molecule is COc1cc(NC(=O)c2ccc(N=Nc3ccc([N+](=O)[O-])cc3)cc2O)c(OC)cc1C. The molecule has 164 valence electrons. The van der Waals surface area contributed by atoms with Gasteiger partial charge in [-0.15, -0.1) is 0 Å². The van der Waals surface area contributed by atoms with Gasteiger partial charge in [0, 0.05) is 24.3 Å². The number of anilines is 1. The van der Waals surface area contributed by atoms with Crippen molar-refractivity contribution >= 4 is 28.7 Å². The number of aryl methyl sites for hydroxylation is 1. The average molecular weight is 436 g/mol. The third-order valence-electron chi connectivity index (χ3n) is 4.53. The third-order valence-corrected chi connectivity index (χ3v) is 4.53. The van der Waals surface area contributed by atoms with Gasteiger partial charge in [0.25, 0.3) is 11.6 Å². The number of nitro benzene ring substituents is 1. The largest absolute Gasteiger partial charge is 0.507 e. The van der Waals surface area contributed by atoms with Crippen molar-refractivity contribution in [1.29, 1.82) is 0 Å². The quantitative estimate of drug-likeness (QED) is 0.293. The number of rotatable bonds is 7. The van der Waals surface area contributed by atoms with Crippen LogP contribution in [0.4, 0.5) is 22.7 Å². The van der Waals surface area contributed by atoms with Crippen molar-refractivity contribution in [3.8, 4) is 17.2 Å². The molecule has 2 N–H and O–H groups in total. The summed E-state index contributed by atoms with van der Waals surface area (Å²) in [7, 11) is 3.01. The van der Waals surface area contributed by atoms with Crippen molar-refractivity contribution < 1.29 is 24.3 Å². The summed E-state index contributed by atoms with van der Waals surface area (Å²) in [4.78, 5) is 22.9. The molecular formula is C22H20N4O6. The average Bonchev–Trinajstić information content (AvgIpc) is 2.78. The van der Waals surface area contributed by atoms with Gasteiger partial charge in [0.15, 0.2) is 0 Å². The van der Waals surface area contributed by atoms with Gasteiger partial charge in [0.05, 0.1) is 41.8 Å². The predicted molar refractivity (Wildman–Crippen MR) is 118 cm³/mol. The van der Waals surface area contributed by atoms with Crippen LogP contribution >= 0.6 is 0 Å². The Hall–Kier alpha value is -4.47. The van der Waals surface area contributed by atoms with Crippen molar-refractivity contribution in [3.05, 3.63) is 75.8 Å². The van der Waals surface area contributed by atoms with Gasteiger partial charge in [-0.05, 0) is 42.8 Å². The summed E-state index contributed by atoms with van der Waals surface area (Å²) < 4.78 is 10.6. The van der Waals surface area contributed by atoms with Crippen LogP contribution in [-0.2, 0) is 0 Å². The number of ether oxygens (including phenoxy) is 2. The first-order chi connectivity index (χ1) is 15.3. The molecule has 3 rings (SSSR count). The highest BCUT2D eigenvalue weighted by Gasteiger charge is 2.16. The number of carbonyl (C=O) groups is 1. The van der Waals surface area contributed by atoms with Crippen LogP contribution in [0.5, 0.6) is 17.2 Å². The van der Waals surface area contributed by atoms with Gasteiger partial charge in [-0.3, -0.25) is 14.9 Å². The van der Waals surface area contributed by atoms with E-state index < -0.39 is 10.8 Å². The number of phenolic OH excluding ortho intramolecular Hbond substituents is 1. The van der Waals surface area contributed by atoms with E-state index in [0.29, 0.717) is 28.6 Å². The lowest BCUT2D eigenvalue weighted by Crippen LogP contribution is -2.13. The lowest BCUT2D eigenvalue weighted by molar-refractivity contribution is -0.384. The minimum atomic E-state index is -0.550. The zero-order chi connectivity index (χ0) is 23.3. The lowest BCUT2D eigenvalue weighted by Gasteiger charge is -2.14. The number of methoxy groups -OCH3 is 2. The summed E-state index contributed by atoms with van der Waals surface area (Å²) in [5.74, 6) is 0.184. The molecule has 0 saturated heterocycles. The predicted octanol–water partition coefficient (Wildman–Crippen LogP) is 5.29. The maximum absolute atomic E-state index is 12.7. The van der Waals surface area contributed by atoms with E-state index in [2.05, 4.69) is 15.5 Å². The van der Waals surface area contributed by atoms with E-state index in [-0.39, 0.29) is 17.0 Å². The first kappa shape index (κ1) is 22.2. The number of amides is 1. The van der Waals surface area contributed by atoms with E-state index in [9.17, 15) is 20.0 Å². The number of non-ortho nitro benzene ring substituents is 1. The van der Waals surface area contributed by atoms with E-state index in [1.54, 1.807) is 12.1 Å². The van der Waals surface area contributed by atoms with Gasteiger partial charge in [0.1, 0.15) is 17.2 Å². The fourth-order valence-corrected chi connectivity index (χ4v) is 2.87. The third kappa shape index (κ3) is 4.98. The minimum absolute atomic E-state index is 0.0286. The van der Waals surface area contributed by atoms with Crippen LogP contribution in [0.15, 0.2) is 64.8 Å². The van der Waals surface area contributed by atoms with Crippen LogP contribution in [-0.4, -0.2) is 30.2 Å². The van der Waals surface area contributed by atoms with Crippen molar-refractivity contribution in [2.75, 3.05) is 19.5 Å². The maximum Gasteiger partial charge on any atom is 0.269 e. The number of hydrogen-bond acceptors (Lipinski definition) is 8. The number of nitrogens with one attached hydrogen (secondary N) is 1. The summed E-state index contributed by atoms with van der Waals surface area (Å²) in [5, 5.41) is 31.7. The highest BCUT2D eigenvalue weighted by molar-refractivity contribution is 6.07. The summed E-state index contributed by atoms with van der Waals surface area (Å²) >= 11 is 0. The molecular weight excluding hydrogens is 416 g/mol. The zero-order valence-electron chi connectivity index (χ0n) is 17.5. The summed E-state index contributed by atoms with van der Waals surface area (Å²) in [6.45, 7) is 1.85. The van der Waals surface area contributed by atoms with E-state index in [0.717, 1.165) is 5.56 Å². The van der Waals surface area contributed by atoms with Gasteiger partial charge in [-0.2, -0.15) is 10.2 Å². The Morgan fingerprint density at radius 2 is 1.59 bits per heavy atom. The van der Waals surface area contributed by atoms with Gasteiger partial charge < -0.3 is 19.9 Å². The standard InChI is InChI=1S/C22H20N4O6/c1-13-10-21(32-3)18(12-20(13)31-2)23-22(28)17-9-6-15(11-19(17)27)25-24-14-4-7-16(8-5-14)26(29)30/h4-12,27H,1-3H3,(H,23,28). The molecule has 0 radical (unpaired) electrons. The van der Waals surface area contributed by atoms with E-state index >= 15 is 0 Å². The van der Waals surface area contributed by atoms with E-state index in [4.69, 9.17) is 9.47 Å². The number of carbonyl (C=O) groups excluding carboxylic acids is 1. The second-order valence-electron chi connectivity index (χ2n) is 6.65. The number of nitrogens with zero attached hydrogens (tertiary/aromatic N) is 3. The Bertz CT molecular complexity index is 1190. The molecule has 0 spiro atoms. The molecule has 3 aromatic carbocycles. The first-order valence-corrected chi connectivity index (χ1v) is 9.35. The normalized spacial score (nSPS) is 10.7. The van der Waals surface area contributed by atoms with Crippen LogP contribution in [0.1, 0.15) is 15.9 Å². The molecule has 0 fully saturated rings. The fourth-order valence-electron chi connectivity index (χ4n) is 2.87. The van der Waals surface area contributed by atoms with E-state index in [1.165, 1.54) is 56.7 Å². The number of phenols is 1. The van der Waals surface area contributed by atoms with Crippen molar-refractivity contribution in [3.63, 3.8) is 0 Å². The van der Waals surface area contributed by atoms with Crippen LogP contribution in [0.2, 0.25) is 0 Å². The molecule has 0 aliphatic heterocycles. The Kier molecular flexibility index (Phi) is 6.64. The Labute approximate surface area is 183 Å². The number of hydrogen-bond donors (Lipinski definition) is 2. The van der Waals surface area contributed by atoms with Gasteiger partial charge in [0.2, 0.25) is 0 Å². The highest BCUT2D eigenvalue weighted by atomic mass is 16.6. The summed E-state index contributed by atoms with van der Waals surface area (Å²) in [6, 6.07) is 13.1. The maximum atomic E-state index is 12.7. The van der Waals surface area contributed by atoms with E-state index in [1.807, 2.05) is 6.92 Å². The molecule has 10 nitrogen and oxygen atoms in total. The Morgan fingerprint density at radius 3 is 2.19 bits per heavy atom. The molecule has 3 aromatic rings. The monoisotopic (exact) mass is 436 g/mol. The zero-order valence-corrected chi connectivity index (χ0v) is 17.5. The van der Waals surface area contributed by atoms with Crippen molar-refractivity contribution in [1.82, 2.24) is 0 Å². The van der Waals surface area contributed by atoms with Crippen molar-refractivity contribution in [2.45, 2.75) is 6.92 Å². The molecule has 0 aromatic heterocycles. The fraction of sp³-hybridized carbons (Fsp3) is 0.136. The minimum Gasteiger partial charge on any atom is -0.507 e. The topological polar surface area (TPSA) is 136 Å². The second kappa shape index (κ2) is 9.56. The molecule has 0 heterocycles. The number of nitro groups is 1. The molecule has 32 heavy (non-hydrogen) atoms. The Morgan fingerprint density at radius 1 is 0.969 bits per heavy atom. The number of azo groups is 1. The molecule has 0 unspecified atom stereocenters. The molecule has 0 bridgehead atoms. The highest BCUT2D eigenvalue weighted by Crippen LogP contribution is 2.34. The van der Waals surface area contributed by atoms with Gasteiger partial charge in [-0.25, -0.2) is 0 Å². The lowest BCUT2D eigenvalue weighted by atomic mass is 10.1. The number of aromatic hydroxyl groups is 1. The van der Waals surface area contributed by atoms with Crippen LogP contribution in [0, 0.1) is 17.0 Å². The summed E-state index contributed by atoms with van der Waals surface area (Å²) in [6.07, 6.45) is 0. The molecule has 0 atom stereocenters. The first-order valence-electron chi connectivity index (χ1n) is 9.35. The summed E-state index contributed by atoms with van der Waals surface area (Å²) in [5.41, 5.74) is 1.90. The van der Waals surface area contributed by atoms with Crippen LogP contribution < -0.4 is 14.8 Å². The molecule has 1 amide bonds. The Balaban J connectivity index is 1.77. The molecule has 10 heteroatoms. The van der Waals surface area contributed by atoms with Gasteiger partial charge in [-0.1, -0.05) is 0 Å². The smallest absolute Gasteiger partial charge is 0.269 e. The molecule has 0 saturated carbocycles. The molecule has 0 aliphatic rings.